The molecule has 0 aromatic carbocycles. The van der Waals surface area contributed by atoms with Crippen LogP contribution in [0.4, 0.5) is 0 Å². The second-order valence-corrected chi connectivity index (χ2v) is 4.29. The third kappa shape index (κ3) is 3.65. The average molecular weight is 176 g/mol. The van der Waals surface area contributed by atoms with Crippen LogP contribution in [0.1, 0.15) is 20.8 Å². The number of rotatable bonds is 4. The molecular weight excluding hydrogens is 160 g/mol. The molecule has 0 aliphatic rings. The van der Waals surface area contributed by atoms with Crippen LogP contribution in [-0.2, 0) is 9.53 Å². The van der Waals surface area contributed by atoms with Gasteiger partial charge in [-0.05, 0) is 19.6 Å². The van der Waals surface area contributed by atoms with Gasteiger partial charge < -0.3 is 4.74 Å². The molecule has 2 nitrogen and oxygen atoms in total. The maximum absolute atomic E-state index is 11.1. The highest BCUT2D eigenvalue weighted by Crippen LogP contribution is 2.22. The first-order chi connectivity index (χ1) is 5.04. The maximum Gasteiger partial charge on any atom is 0.312 e. The lowest BCUT2D eigenvalue weighted by Gasteiger charge is -2.20. The van der Waals surface area contributed by atoms with Gasteiger partial charge in [0.25, 0.3) is 0 Å². The van der Waals surface area contributed by atoms with Crippen molar-refractivity contribution in [3.05, 3.63) is 0 Å². The van der Waals surface area contributed by atoms with Gasteiger partial charge >= 0.3 is 5.97 Å². The van der Waals surface area contributed by atoms with E-state index in [1.165, 1.54) is 7.11 Å². The molecule has 0 spiro atoms. The van der Waals surface area contributed by atoms with Crippen LogP contribution in [0.3, 0.4) is 0 Å². The summed E-state index contributed by atoms with van der Waals surface area (Å²) in [4.78, 5) is 11.1. The van der Waals surface area contributed by atoms with E-state index in [1.807, 2.05) is 13.8 Å². The van der Waals surface area contributed by atoms with Gasteiger partial charge in [-0.3, -0.25) is 4.79 Å². The zero-order valence-corrected chi connectivity index (χ0v) is 8.46. The minimum atomic E-state index is -0.338. The standard InChI is InChI=1S/C8H16O2S/c1-5-11-6-8(2,3)7(9)10-4/h5-6H2,1-4H3. The summed E-state index contributed by atoms with van der Waals surface area (Å²) in [6.07, 6.45) is 0. The van der Waals surface area contributed by atoms with Gasteiger partial charge in [-0.2, -0.15) is 11.8 Å². The summed E-state index contributed by atoms with van der Waals surface area (Å²) >= 11 is 1.76. The van der Waals surface area contributed by atoms with E-state index >= 15 is 0 Å². The molecule has 0 aliphatic carbocycles. The van der Waals surface area contributed by atoms with Crippen molar-refractivity contribution in [2.75, 3.05) is 18.6 Å². The molecule has 0 heterocycles. The maximum atomic E-state index is 11.1. The molecule has 11 heavy (non-hydrogen) atoms. The number of thioether (sulfide) groups is 1. The molecule has 0 bridgehead atoms. The molecule has 0 saturated heterocycles. The Kier molecular flexibility index (Phi) is 4.57. The van der Waals surface area contributed by atoms with Crippen LogP contribution in [0.5, 0.6) is 0 Å². The molecule has 0 atom stereocenters. The van der Waals surface area contributed by atoms with Gasteiger partial charge in [-0.25, -0.2) is 0 Å². The van der Waals surface area contributed by atoms with Crippen LogP contribution in [-0.4, -0.2) is 24.6 Å². The highest BCUT2D eigenvalue weighted by Gasteiger charge is 2.27. The van der Waals surface area contributed by atoms with Gasteiger partial charge in [0.1, 0.15) is 0 Å². The topological polar surface area (TPSA) is 26.3 Å². The van der Waals surface area contributed by atoms with E-state index in [0.717, 1.165) is 11.5 Å². The SMILES string of the molecule is CCSCC(C)(C)C(=O)OC. The molecule has 0 aliphatic heterocycles. The van der Waals surface area contributed by atoms with E-state index in [9.17, 15) is 4.79 Å². The van der Waals surface area contributed by atoms with E-state index in [0.29, 0.717) is 0 Å². The number of hydrogen-bond donors (Lipinski definition) is 0. The Morgan fingerprint density at radius 3 is 2.45 bits per heavy atom. The molecule has 0 radical (unpaired) electrons. The Morgan fingerprint density at radius 1 is 1.55 bits per heavy atom. The van der Waals surface area contributed by atoms with Crippen molar-refractivity contribution in [1.82, 2.24) is 0 Å². The lowest BCUT2D eigenvalue weighted by Crippen LogP contribution is -2.28. The van der Waals surface area contributed by atoms with Crippen molar-refractivity contribution in [2.24, 2.45) is 5.41 Å². The van der Waals surface area contributed by atoms with Crippen molar-refractivity contribution < 1.29 is 9.53 Å². The summed E-state index contributed by atoms with van der Waals surface area (Å²) in [6.45, 7) is 5.89. The summed E-state index contributed by atoms with van der Waals surface area (Å²) in [5.74, 6) is 1.75. The summed E-state index contributed by atoms with van der Waals surface area (Å²) in [6, 6.07) is 0. The second-order valence-electron chi connectivity index (χ2n) is 3.01. The fourth-order valence-electron chi connectivity index (χ4n) is 0.692. The largest absolute Gasteiger partial charge is 0.469 e. The number of methoxy groups -OCH3 is 1. The molecule has 0 unspecified atom stereocenters. The Hall–Kier alpha value is -0.180. The van der Waals surface area contributed by atoms with E-state index in [2.05, 4.69) is 11.7 Å². The Labute approximate surface area is 72.7 Å². The molecule has 0 aromatic heterocycles. The van der Waals surface area contributed by atoms with Crippen molar-refractivity contribution in [3.8, 4) is 0 Å². The van der Waals surface area contributed by atoms with E-state index in [-0.39, 0.29) is 11.4 Å². The zero-order valence-electron chi connectivity index (χ0n) is 7.64. The van der Waals surface area contributed by atoms with Gasteiger partial charge in [-0.15, -0.1) is 0 Å². The molecule has 0 saturated carbocycles. The Bertz CT molecular complexity index is 132. The quantitative estimate of drug-likeness (QED) is 0.612. The minimum absolute atomic E-state index is 0.126. The first-order valence-electron chi connectivity index (χ1n) is 3.70. The molecular formula is C8H16O2S. The second kappa shape index (κ2) is 4.65. The summed E-state index contributed by atoms with van der Waals surface area (Å²) < 4.78 is 4.66. The van der Waals surface area contributed by atoms with E-state index < -0.39 is 0 Å². The van der Waals surface area contributed by atoms with Crippen molar-refractivity contribution >= 4 is 17.7 Å². The summed E-state index contributed by atoms with van der Waals surface area (Å²) in [5, 5.41) is 0. The minimum Gasteiger partial charge on any atom is -0.469 e. The number of esters is 1. The van der Waals surface area contributed by atoms with Crippen LogP contribution in [0, 0.1) is 5.41 Å². The lowest BCUT2D eigenvalue weighted by atomic mass is 9.97. The first kappa shape index (κ1) is 10.8. The highest BCUT2D eigenvalue weighted by molar-refractivity contribution is 7.99. The fraction of sp³-hybridized carbons (Fsp3) is 0.875. The van der Waals surface area contributed by atoms with Crippen molar-refractivity contribution in [1.29, 1.82) is 0 Å². The van der Waals surface area contributed by atoms with Crippen molar-refractivity contribution in [2.45, 2.75) is 20.8 Å². The predicted molar refractivity (Wildman–Crippen MR) is 48.8 cm³/mol. The van der Waals surface area contributed by atoms with Crippen molar-refractivity contribution in [3.63, 3.8) is 0 Å². The van der Waals surface area contributed by atoms with Crippen LogP contribution >= 0.6 is 11.8 Å². The monoisotopic (exact) mass is 176 g/mol. The van der Waals surface area contributed by atoms with Crippen LogP contribution < -0.4 is 0 Å². The first-order valence-corrected chi connectivity index (χ1v) is 4.86. The predicted octanol–water partition coefficient (Wildman–Crippen LogP) is 1.94. The average Bonchev–Trinajstić information content (AvgIpc) is 1.99. The molecule has 66 valence electrons. The molecule has 0 N–H and O–H groups in total. The number of carbonyl (C=O) groups is 1. The van der Waals surface area contributed by atoms with E-state index in [1.54, 1.807) is 11.8 Å². The molecule has 0 aromatic rings. The normalized spacial score (nSPS) is 11.3. The van der Waals surface area contributed by atoms with Gasteiger partial charge in [-0.1, -0.05) is 6.92 Å². The third-order valence-electron chi connectivity index (χ3n) is 1.41. The number of carbonyl (C=O) groups excluding carboxylic acids is 1. The number of hydrogen-bond acceptors (Lipinski definition) is 3. The van der Waals surface area contributed by atoms with Crippen LogP contribution in [0.25, 0.3) is 0 Å². The van der Waals surface area contributed by atoms with Gasteiger partial charge in [0.2, 0.25) is 0 Å². The van der Waals surface area contributed by atoms with E-state index in [4.69, 9.17) is 0 Å². The van der Waals surface area contributed by atoms with Gasteiger partial charge in [0.05, 0.1) is 12.5 Å². The highest BCUT2D eigenvalue weighted by atomic mass is 32.2. The van der Waals surface area contributed by atoms with Gasteiger partial charge in [0.15, 0.2) is 0 Å². The molecule has 0 fully saturated rings. The fourth-order valence-corrected chi connectivity index (χ4v) is 1.52. The number of ether oxygens (including phenoxy) is 1. The Balaban J connectivity index is 3.88. The third-order valence-corrected chi connectivity index (χ3v) is 2.74. The smallest absolute Gasteiger partial charge is 0.312 e. The summed E-state index contributed by atoms with van der Waals surface area (Å²) in [5.41, 5.74) is -0.338. The lowest BCUT2D eigenvalue weighted by molar-refractivity contribution is -0.149. The zero-order chi connectivity index (χ0) is 8.91. The summed E-state index contributed by atoms with van der Waals surface area (Å²) in [7, 11) is 1.43. The van der Waals surface area contributed by atoms with Gasteiger partial charge in [0, 0.05) is 5.75 Å². The molecule has 0 amide bonds. The van der Waals surface area contributed by atoms with Crippen LogP contribution in [0.15, 0.2) is 0 Å². The molecule has 0 rings (SSSR count). The Morgan fingerprint density at radius 2 is 2.09 bits per heavy atom. The molecule has 3 heteroatoms. The van der Waals surface area contributed by atoms with Crippen LogP contribution in [0.2, 0.25) is 0 Å².